The van der Waals surface area contributed by atoms with Gasteiger partial charge >= 0.3 is 6.18 Å². The van der Waals surface area contributed by atoms with E-state index < -0.39 is 23.9 Å². The number of carbonyl (C=O) groups is 1. The van der Waals surface area contributed by atoms with Crippen molar-refractivity contribution in [3.63, 3.8) is 0 Å². The van der Waals surface area contributed by atoms with E-state index in [4.69, 9.17) is 5.73 Å². The molecule has 0 radical (unpaired) electrons. The van der Waals surface area contributed by atoms with E-state index in [1.165, 1.54) is 6.07 Å². The molecule has 3 nitrogen and oxygen atoms in total. The van der Waals surface area contributed by atoms with Crippen LogP contribution in [0.1, 0.15) is 25.7 Å². The van der Waals surface area contributed by atoms with Crippen molar-refractivity contribution in [2.75, 3.05) is 11.1 Å². The van der Waals surface area contributed by atoms with Gasteiger partial charge in [-0.1, -0.05) is 12.8 Å². The van der Waals surface area contributed by atoms with Crippen molar-refractivity contribution in [3.8, 4) is 0 Å². The number of halogens is 4. The van der Waals surface area contributed by atoms with Crippen LogP contribution < -0.4 is 11.1 Å². The number of anilines is 2. The average molecular weight is 365 g/mol. The molecule has 0 heterocycles. The third-order valence-electron chi connectivity index (χ3n) is 3.79. The Kier molecular flexibility index (Phi) is 4.81. The first-order chi connectivity index (χ1) is 9.79. The number of rotatable bonds is 2. The summed E-state index contributed by atoms with van der Waals surface area (Å²) in [5.41, 5.74) is 6.52. The number of carbonyl (C=O) groups excluding carboxylic acids is 1. The van der Waals surface area contributed by atoms with E-state index >= 15 is 0 Å². The van der Waals surface area contributed by atoms with Gasteiger partial charge in [-0.3, -0.25) is 4.79 Å². The van der Waals surface area contributed by atoms with Gasteiger partial charge in [0, 0.05) is 21.8 Å². The average Bonchev–Trinajstić information content (AvgIpc) is 2.42. The number of nitrogen functional groups attached to an aromatic ring is 1. The van der Waals surface area contributed by atoms with Gasteiger partial charge in [-0.25, -0.2) is 0 Å². The first kappa shape index (κ1) is 16.1. The Morgan fingerprint density at radius 1 is 1.29 bits per heavy atom. The quantitative estimate of drug-likeness (QED) is 0.767. The molecule has 21 heavy (non-hydrogen) atoms. The van der Waals surface area contributed by atoms with Crippen LogP contribution in [-0.4, -0.2) is 12.1 Å². The standard InChI is InChI=1S/C14H16BrF3N2O/c15-11-6-5-8(7-12(11)19)20-13(21)9-3-1-2-4-10(9)14(16,17)18/h5-7,9-10H,1-4,19H2,(H,20,21). The van der Waals surface area contributed by atoms with Gasteiger partial charge in [0.25, 0.3) is 0 Å². The van der Waals surface area contributed by atoms with Crippen molar-refractivity contribution in [1.82, 2.24) is 0 Å². The summed E-state index contributed by atoms with van der Waals surface area (Å²) in [6.45, 7) is 0. The fourth-order valence-electron chi connectivity index (χ4n) is 2.69. The second kappa shape index (κ2) is 6.25. The Labute approximate surface area is 129 Å². The lowest BCUT2D eigenvalue weighted by Gasteiger charge is -2.32. The van der Waals surface area contributed by atoms with Crippen LogP contribution in [-0.2, 0) is 4.79 Å². The molecule has 0 saturated heterocycles. The molecule has 0 spiro atoms. The van der Waals surface area contributed by atoms with Gasteiger partial charge in [0.2, 0.25) is 5.91 Å². The summed E-state index contributed by atoms with van der Waals surface area (Å²) in [4.78, 5) is 12.2. The van der Waals surface area contributed by atoms with Crippen molar-refractivity contribution in [2.45, 2.75) is 31.9 Å². The van der Waals surface area contributed by atoms with E-state index in [-0.39, 0.29) is 12.8 Å². The summed E-state index contributed by atoms with van der Waals surface area (Å²) in [6, 6.07) is 4.77. The lowest BCUT2D eigenvalue weighted by molar-refractivity contribution is -0.197. The number of nitrogens with one attached hydrogen (secondary N) is 1. The molecule has 1 fully saturated rings. The van der Waals surface area contributed by atoms with Gasteiger partial charge in [-0.05, 0) is 47.0 Å². The van der Waals surface area contributed by atoms with Gasteiger partial charge < -0.3 is 11.1 Å². The number of nitrogens with two attached hydrogens (primary N) is 1. The van der Waals surface area contributed by atoms with Gasteiger partial charge in [0.1, 0.15) is 0 Å². The zero-order valence-corrected chi connectivity index (χ0v) is 12.8. The molecule has 2 atom stereocenters. The first-order valence-electron chi connectivity index (χ1n) is 6.71. The molecule has 116 valence electrons. The highest BCUT2D eigenvalue weighted by Gasteiger charge is 2.48. The normalized spacial score (nSPS) is 22.9. The molecule has 1 saturated carbocycles. The predicted octanol–water partition coefficient (Wildman–Crippen LogP) is 4.34. The predicted molar refractivity (Wildman–Crippen MR) is 78.7 cm³/mol. The number of alkyl halides is 3. The van der Waals surface area contributed by atoms with Crippen LogP contribution >= 0.6 is 15.9 Å². The molecule has 2 rings (SSSR count). The topological polar surface area (TPSA) is 55.1 Å². The smallest absolute Gasteiger partial charge is 0.392 e. The van der Waals surface area contributed by atoms with Crippen LogP contribution in [0.4, 0.5) is 24.5 Å². The van der Waals surface area contributed by atoms with Crippen LogP contribution in [0.15, 0.2) is 22.7 Å². The number of amides is 1. The molecule has 0 aliphatic heterocycles. The summed E-state index contributed by atoms with van der Waals surface area (Å²) in [6.07, 6.45) is -2.89. The Bertz CT molecular complexity index is 533. The summed E-state index contributed by atoms with van der Waals surface area (Å²) >= 11 is 3.22. The Morgan fingerprint density at radius 3 is 2.57 bits per heavy atom. The highest BCUT2D eigenvalue weighted by atomic mass is 79.9. The molecule has 7 heteroatoms. The lowest BCUT2D eigenvalue weighted by Crippen LogP contribution is -2.39. The van der Waals surface area contributed by atoms with Crippen molar-refractivity contribution in [1.29, 1.82) is 0 Å². The molecule has 1 aliphatic carbocycles. The highest BCUT2D eigenvalue weighted by Crippen LogP contribution is 2.42. The van der Waals surface area contributed by atoms with Gasteiger partial charge in [-0.15, -0.1) is 0 Å². The summed E-state index contributed by atoms with van der Waals surface area (Å²) in [5, 5.41) is 2.54. The molecule has 2 unspecified atom stereocenters. The maximum Gasteiger partial charge on any atom is 0.392 e. The minimum atomic E-state index is -4.33. The van der Waals surface area contributed by atoms with E-state index in [9.17, 15) is 18.0 Å². The fourth-order valence-corrected chi connectivity index (χ4v) is 2.94. The SMILES string of the molecule is Nc1cc(NC(=O)C2CCCCC2C(F)(F)F)ccc1Br. The third-order valence-corrected chi connectivity index (χ3v) is 4.51. The highest BCUT2D eigenvalue weighted by molar-refractivity contribution is 9.10. The van der Waals surface area contributed by atoms with E-state index in [2.05, 4.69) is 21.2 Å². The van der Waals surface area contributed by atoms with Gasteiger partial charge in [0.05, 0.1) is 5.92 Å². The van der Waals surface area contributed by atoms with Gasteiger partial charge in [0.15, 0.2) is 0 Å². The van der Waals surface area contributed by atoms with Crippen molar-refractivity contribution in [2.24, 2.45) is 11.8 Å². The summed E-state index contributed by atoms with van der Waals surface area (Å²) < 4.78 is 39.7. The summed E-state index contributed by atoms with van der Waals surface area (Å²) in [5.74, 6) is -3.17. The molecule has 3 N–H and O–H groups in total. The maximum atomic E-state index is 13.0. The molecular weight excluding hydrogens is 349 g/mol. The van der Waals surface area contributed by atoms with E-state index in [1.807, 2.05) is 0 Å². The Balaban J connectivity index is 2.12. The monoisotopic (exact) mass is 364 g/mol. The number of benzene rings is 1. The van der Waals surface area contributed by atoms with E-state index in [0.29, 0.717) is 28.7 Å². The molecule has 0 bridgehead atoms. The fraction of sp³-hybridized carbons (Fsp3) is 0.500. The zero-order chi connectivity index (χ0) is 15.6. The molecule has 1 aromatic rings. The largest absolute Gasteiger partial charge is 0.398 e. The van der Waals surface area contributed by atoms with Crippen LogP contribution in [0.3, 0.4) is 0 Å². The number of hydrogen-bond donors (Lipinski definition) is 2. The molecule has 0 aromatic heterocycles. The van der Waals surface area contributed by atoms with Crippen LogP contribution in [0.5, 0.6) is 0 Å². The van der Waals surface area contributed by atoms with Crippen LogP contribution in [0.2, 0.25) is 0 Å². The van der Waals surface area contributed by atoms with Crippen LogP contribution in [0.25, 0.3) is 0 Å². The van der Waals surface area contributed by atoms with Crippen molar-refractivity contribution in [3.05, 3.63) is 22.7 Å². The number of hydrogen-bond acceptors (Lipinski definition) is 2. The second-order valence-corrected chi connectivity index (χ2v) is 6.12. The third kappa shape index (κ3) is 3.90. The molecule has 1 amide bonds. The van der Waals surface area contributed by atoms with Crippen molar-refractivity contribution >= 4 is 33.2 Å². The van der Waals surface area contributed by atoms with E-state index in [1.54, 1.807) is 12.1 Å². The summed E-state index contributed by atoms with van der Waals surface area (Å²) in [7, 11) is 0. The van der Waals surface area contributed by atoms with Gasteiger partial charge in [-0.2, -0.15) is 13.2 Å². The second-order valence-electron chi connectivity index (χ2n) is 5.26. The molecular formula is C14H16BrF3N2O. The lowest BCUT2D eigenvalue weighted by atomic mass is 9.78. The van der Waals surface area contributed by atoms with E-state index in [0.717, 1.165) is 0 Å². The Morgan fingerprint density at radius 2 is 1.95 bits per heavy atom. The molecule has 1 aromatic carbocycles. The zero-order valence-electron chi connectivity index (χ0n) is 11.2. The van der Waals surface area contributed by atoms with Crippen LogP contribution in [0, 0.1) is 11.8 Å². The minimum Gasteiger partial charge on any atom is -0.398 e. The first-order valence-corrected chi connectivity index (χ1v) is 7.51. The molecule has 1 aliphatic rings. The maximum absolute atomic E-state index is 13.0. The Hall–Kier alpha value is -1.24. The van der Waals surface area contributed by atoms with Crippen molar-refractivity contribution < 1.29 is 18.0 Å². The minimum absolute atomic E-state index is 0.0179.